The molecule has 0 fully saturated rings. The van der Waals surface area contributed by atoms with Crippen LogP contribution in [0.2, 0.25) is 10.0 Å². The van der Waals surface area contributed by atoms with Crippen molar-refractivity contribution in [1.82, 2.24) is 0 Å². The van der Waals surface area contributed by atoms with Crippen LogP contribution in [0.15, 0.2) is 42.5 Å². The Morgan fingerprint density at radius 1 is 1.11 bits per heavy atom. The average molecular weight is 297 g/mol. The molecule has 5 heteroatoms. The molecule has 0 bridgehead atoms. The second kappa shape index (κ2) is 5.95. The average Bonchev–Trinajstić information content (AvgIpc) is 2.35. The van der Waals surface area contributed by atoms with Gasteiger partial charge in [-0.15, -0.1) is 0 Å². The third-order valence-electron chi connectivity index (χ3n) is 2.43. The molecule has 1 N–H and O–H groups in total. The Morgan fingerprint density at radius 2 is 1.84 bits per heavy atom. The van der Waals surface area contributed by atoms with Crippen LogP contribution in [0.4, 0.5) is 0 Å². The molecule has 0 spiro atoms. The molecule has 2 aromatic carbocycles. The second-order valence-corrected chi connectivity index (χ2v) is 4.70. The van der Waals surface area contributed by atoms with Crippen LogP contribution in [0, 0.1) is 0 Å². The van der Waals surface area contributed by atoms with Gasteiger partial charge in [0.15, 0.2) is 0 Å². The normalized spacial score (nSPS) is 10.2. The third-order valence-corrected chi connectivity index (χ3v) is 2.97. The van der Waals surface area contributed by atoms with Crippen molar-refractivity contribution in [2.24, 2.45) is 0 Å². The minimum atomic E-state index is -0.923. The number of carboxylic acid groups (broad SMARTS) is 1. The van der Waals surface area contributed by atoms with Gasteiger partial charge in [0.2, 0.25) is 0 Å². The summed E-state index contributed by atoms with van der Waals surface area (Å²) in [7, 11) is 0. The number of ether oxygens (including phenoxy) is 1. The zero-order valence-corrected chi connectivity index (χ0v) is 11.3. The molecule has 3 nitrogen and oxygen atoms in total. The number of benzene rings is 2. The van der Waals surface area contributed by atoms with Crippen LogP contribution in [0.25, 0.3) is 0 Å². The van der Waals surface area contributed by atoms with Gasteiger partial charge in [-0.2, -0.15) is 0 Å². The molecule has 2 rings (SSSR count). The van der Waals surface area contributed by atoms with Crippen molar-refractivity contribution in [3.05, 3.63) is 58.1 Å². The topological polar surface area (TPSA) is 46.5 Å². The van der Waals surface area contributed by atoms with Crippen molar-refractivity contribution < 1.29 is 14.6 Å². The first-order valence-electron chi connectivity index (χ1n) is 5.49. The molecule has 98 valence electrons. The van der Waals surface area contributed by atoms with E-state index in [1.54, 1.807) is 42.5 Å². The Bertz CT molecular complexity index is 611. The maximum atomic E-state index is 10.8. The van der Waals surface area contributed by atoms with Gasteiger partial charge < -0.3 is 9.84 Å². The van der Waals surface area contributed by atoms with E-state index in [1.165, 1.54) is 0 Å². The van der Waals surface area contributed by atoms with E-state index >= 15 is 0 Å². The minimum absolute atomic E-state index is 0.117. The number of carboxylic acids is 1. The van der Waals surface area contributed by atoms with Crippen LogP contribution in [0.5, 0.6) is 11.5 Å². The smallest absolute Gasteiger partial charge is 0.307 e. The molecule has 0 heterocycles. The van der Waals surface area contributed by atoms with Gasteiger partial charge in [-0.1, -0.05) is 41.4 Å². The third kappa shape index (κ3) is 3.63. The van der Waals surface area contributed by atoms with Crippen LogP contribution in [-0.2, 0) is 11.2 Å². The Balaban J connectivity index is 2.32. The largest absolute Gasteiger partial charge is 0.481 e. The second-order valence-electron chi connectivity index (χ2n) is 3.86. The van der Waals surface area contributed by atoms with Gasteiger partial charge in [0.25, 0.3) is 0 Å². The number of halogens is 2. The van der Waals surface area contributed by atoms with Gasteiger partial charge in [0, 0.05) is 16.7 Å². The number of hydrogen-bond acceptors (Lipinski definition) is 2. The molecule has 2 aromatic rings. The number of aliphatic carboxylic acids is 1. The molecule has 0 amide bonds. The minimum Gasteiger partial charge on any atom is -0.481 e. The SMILES string of the molecule is O=C(O)Cc1ccccc1Oc1cc(Cl)ccc1Cl. The highest BCUT2D eigenvalue weighted by atomic mass is 35.5. The van der Waals surface area contributed by atoms with Crippen molar-refractivity contribution in [2.75, 3.05) is 0 Å². The first-order valence-corrected chi connectivity index (χ1v) is 6.24. The summed E-state index contributed by atoms with van der Waals surface area (Å²) in [5.74, 6) is -0.0747. The first kappa shape index (κ1) is 13.7. The summed E-state index contributed by atoms with van der Waals surface area (Å²) in [6, 6.07) is 11.8. The van der Waals surface area contributed by atoms with Gasteiger partial charge in [0.1, 0.15) is 11.5 Å². The summed E-state index contributed by atoms with van der Waals surface area (Å²) in [5.41, 5.74) is 0.575. The molecule has 0 saturated carbocycles. The molecule has 0 atom stereocenters. The van der Waals surface area contributed by atoms with Gasteiger partial charge in [-0.05, 0) is 18.2 Å². The number of hydrogen-bond donors (Lipinski definition) is 1. The van der Waals surface area contributed by atoms with Crippen LogP contribution >= 0.6 is 23.2 Å². The summed E-state index contributed by atoms with van der Waals surface area (Å²) in [6.07, 6.45) is -0.117. The van der Waals surface area contributed by atoms with Crippen molar-refractivity contribution in [3.8, 4) is 11.5 Å². The Kier molecular flexibility index (Phi) is 4.30. The van der Waals surface area contributed by atoms with E-state index in [1.807, 2.05) is 0 Å². The van der Waals surface area contributed by atoms with Crippen molar-refractivity contribution in [2.45, 2.75) is 6.42 Å². The summed E-state index contributed by atoms with van der Waals surface area (Å²) in [6.45, 7) is 0. The molecule has 0 aromatic heterocycles. The Hall–Kier alpha value is -1.71. The van der Waals surface area contributed by atoms with Crippen LogP contribution < -0.4 is 4.74 Å². The molecule has 0 aliphatic heterocycles. The van der Waals surface area contributed by atoms with E-state index in [9.17, 15) is 4.79 Å². The number of carbonyl (C=O) groups is 1. The molecular formula is C14H10Cl2O3. The van der Waals surface area contributed by atoms with Crippen molar-refractivity contribution >= 4 is 29.2 Å². The summed E-state index contributed by atoms with van der Waals surface area (Å²) >= 11 is 11.9. The standard InChI is InChI=1S/C14H10Cl2O3/c15-10-5-6-11(16)13(8-10)19-12-4-2-1-3-9(12)7-14(17)18/h1-6,8H,7H2,(H,17,18). The lowest BCUT2D eigenvalue weighted by molar-refractivity contribution is -0.136. The predicted octanol–water partition coefficient (Wildman–Crippen LogP) is 4.41. The van der Waals surface area contributed by atoms with Gasteiger partial charge in [-0.25, -0.2) is 0 Å². The van der Waals surface area contributed by atoms with Gasteiger partial charge in [0.05, 0.1) is 11.4 Å². The fourth-order valence-electron chi connectivity index (χ4n) is 1.59. The monoisotopic (exact) mass is 296 g/mol. The molecule has 0 radical (unpaired) electrons. The van der Waals surface area contributed by atoms with E-state index in [4.69, 9.17) is 33.0 Å². The van der Waals surface area contributed by atoms with Crippen molar-refractivity contribution in [3.63, 3.8) is 0 Å². The van der Waals surface area contributed by atoms with Crippen molar-refractivity contribution in [1.29, 1.82) is 0 Å². The number of rotatable bonds is 4. The van der Waals surface area contributed by atoms with Gasteiger partial charge in [-0.3, -0.25) is 4.79 Å². The Morgan fingerprint density at radius 3 is 2.58 bits per heavy atom. The highest BCUT2D eigenvalue weighted by molar-refractivity contribution is 6.34. The highest BCUT2D eigenvalue weighted by Crippen LogP contribution is 2.33. The zero-order valence-electron chi connectivity index (χ0n) is 9.77. The molecule has 0 aliphatic carbocycles. The van der Waals surface area contributed by atoms with Crippen LogP contribution in [-0.4, -0.2) is 11.1 Å². The lowest BCUT2D eigenvalue weighted by atomic mass is 10.1. The highest BCUT2D eigenvalue weighted by Gasteiger charge is 2.10. The number of para-hydroxylation sites is 1. The molecule has 19 heavy (non-hydrogen) atoms. The molecule has 0 unspecified atom stereocenters. The van der Waals surface area contributed by atoms with E-state index in [-0.39, 0.29) is 6.42 Å². The zero-order chi connectivity index (χ0) is 13.8. The summed E-state index contributed by atoms with van der Waals surface area (Å²) in [5, 5.41) is 9.76. The van der Waals surface area contributed by atoms with Crippen LogP contribution in [0.1, 0.15) is 5.56 Å². The quantitative estimate of drug-likeness (QED) is 0.909. The summed E-state index contributed by atoms with van der Waals surface area (Å²) < 4.78 is 5.64. The maximum absolute atomic E-state index is 10.8. The van der Waals surface area contributed by atoms with E-state index < -0.39 is 5.97 Å². The maximum Gasteiger partial charge on any atom is 0.307 e. The Labute approximate surface area is 120 Å². The van der Waals surface area contributed by atoms with Gasteiger partial charge >= 0.3 is 5.97 Å². The van der Waals surface area contributed by atoms with E-state index in [0.29, 0.717) is 27.1 Å². The van der Waals surface area contributed by atoms with E-state index in [2.05, 4.69) is 0 Å². The predicted molar refractivity (Wildman–Crippen MR) is 74.3 cm³/mol. The lowest BCUT2D eigenvalue weighted by Gasteiger charge is -2.11. The molecule has 0 aliphatic rings. The fraction of sp³-hybridized carbons (Fsp3) is 0.0714. The molecular weight excluding hydrogens is 287 g/mol. The van der Waals surface area contributed by atoms with E-state index in [0.717, 1.165) is 0 Å². The molecule has 0 saturated heterocycles. The lowest BCUT2D eigenvalue weighted by Crippen LogP contribution is -2.01. The first-order chi connectivity index (χ1) is 9.06. The van der Waals surface area contributed by atoms with Crippen LogP contribution in [0.3, 0.4) is 0 Å². The fourth-order valence-corrected chi connectivity index (χ4v) is 1.90. The summed E-state index contributed by atoms with van der Waals surface area (Å²) in [4.78, 5) is 10.8.